The highest BCUT2D eigenvalue weighted by Crippen LogP contribution is 1.61. The topological polar surface area (TPSA) is 43.4 Å². The molecule has 0 aromatic heterocycles. The Labute approximate surface area is 37.9 Å². The molecular formula is C2H6O3S. The van der Waals surface area contributed by atoms with E-state index in [1.807, 2.05) is 0 Å². The molecule has 0 bridgehead atoms. The molecule has 3 nitrogen and oxygen atoms in total. The van der Waals surface area contributed by atoms with E-state index < -0.39 is 10.7 Å². The SMILES string of the molecule is COC[SH](=O)=O. The summed E-state index contributed by atoms with van der Waals surface area (Å²) in [5.41, 5.74) is 0. The van der Waals surface area contributed by atoms with Crippen LogP contribution in [0.3, 0.4) is 0 Å². The molecule has 0 rings (SSSR count). The van der Waals surface area contributed by atoms with Crippen molar-refractivity contribution >= 4 is 10.7 Å². The van der Waals surface area contributed by atoms with Gasteiger partial charge in [-0.05, 0) is 0 Å². The first-order chi connectivity index (χ1) is 2.77. The molecule has 0 aliphatic rings. The number of rotatable bonds is 2. The molecular weight excluding hydrogens is 104 g/mol. The van der Waals surface area contributed by atoms with Gasteiger partial charge in [0, 0.05) is 7.11 Å². The Morgan fingerprint density at radius 3 is 2.17 bits per heavy atom. The molecule has 0 fully saturated rings. The Bertz CT molecular complexity index is 76.8. The van der Waals surface area contributed by atoms with Gasteiger partial charge in [0.1, 0.15) is 5.94 Å². The number of ether oxygens (including phenoxy) is 1. The van der Waals surface area contributed by atoms with Gasteiger partial charge < -0.3 is 4.74 Å². The molecule has 0 aliphatic carbocycles. The lowest BCUT2D eigenvalue weighted by atomic mass is 11.5. The first-order valence-corrected chi connectivity index (χ1v) is 2.74. The van der Waals surface area contributed by atoms with Crippen molar-refractivity contribution in [2.45, 2.75) is 0 Å². The standard InChI is InChI=1S/C2H6O3S/c1-5-2-6(3)4/h6H,2H2,1H3. The van der Waals surface area contributed by atoms with E-state index in [2.05, 4.69) is 4.74 Å². The van der Waals surface area contributed by atoms with E-state index in [0.717, 1.165) is 0 Å². The third-order valence-electron chi connectivity index (χ3n) is 0.235. The van der Waals surface area contributed by atoms with E-state index in [9.17, 15) is 8.42 Å². The molecule has 0 radical (unpaired) electrons. The van der Waals surface area contributed by atoms with Gasteiger partial charge in [-0.3, -0.25) is 0 Å². The van der Waals surface area contributed by atoms with Crippen molar-refractivity contribution in [2.75, 3.05) is 13.0 Å². The maximum Gasteiger partial charge on any atom is 0.164 e. The van der Waals surface area contributed by atoms with Crippen LogP contribution in [0.15, 0.2) is 0 Å². The molecule has 0 heterocycles. The van der Waals surface area contributed by atoms with Crippen molar-refractivity contribution < 1.29 is 13.2 Å². The van der Waals surface area contributed by atoms with Crippen LogP contribution >= 0.6 is 0 Å². The fourth-order valence-electron chi connectivity index (χ4n) is 0.105. The first kappa shape index (κ1) is 5.91. The average Bonchev–Trinajstić information content (AvgIpc) is 1.35. The molecule has 0 aromatic rings. The Hall–Kier alpha value is -0.0900. The fourth-order valence-corrected chi connectivity index (χ4v) is 0.316. The third kappa shape index (κ3) is 3.91. The van der Waals surface area contributed by atoms with E-state index in [1.54, 1.807) is 0 Å². The predicted molar refractivity (Wildman–Crippen MR) is 22.2 cm³/mol. The van der Waals surface area contributed by atoms with Gasteiger partial charge in [-0.2, -0.15) is 0 Å². The lowest BCUT2D eigenvalue weighted by Crippen LogP contribution is -1.86. The van der Waals surface area contributed by atoms with Crippen LogP contribution in [0.2, 0.25) is 0 Å². The number of hydrogen-bond donors (Lipinski definition) is 1. The molecule has 0 N–H and O–H groups in total. The lowest BCUT2D eigenvalue weighted by molar-refractivity contribution is 0.252. The molecule has 0 atom stereocenters. The Balaban J connectivity index is 3.07. The quantitative estimate of drug-likeness (QED) is 0.473. The highest BCUT2D eigenvalue weighted by Gasteiger charge is 1.74. The summed E-state index contributed by atoms with van der Waals surface area (Å²) in [6.45, 7) is 0. The van der Waals surface area contributed by atoms with Crippen molar-refractivity contribution in [1.82, 2.24) is 0 Å². The molecule has 0 aromatic carbocycles. The Morgan fingerprint density at radius 2 is 2.17 bits per heavy atom. The minimum Gasteiger partial charge on any atom is -0.369 e. The zero-order valence-electron chi connectivity index (χ0n) is 3.38. The summed E-state index contributed by atoms with van der Waals surface area (Å²) in [5, 5.41) is 0. The number of hydrogen-bond acceptors (Lipinski definition) is 3. The molecule has 38 valence electrons. The van der Waals surface area contributed by atoms with Gasteiger partial charge in [0.25, 0.3) is 0 Å². The summed E-state index contributed by atoms with van der Waals surface area (Å²) < 4.78 is 23.2. The van der Waals surface area contributed by atoms with Crippen LogP contribution < -0.4 is 0 Å². The largest absolute Gasteiger partial charge is 0.369 e. The second kappa shape index (κ2) is 3.11. The van der Waals surface area contributed by atoms with Gasteiger partial charge in [0.2, 0.25) is 0 Å². The zero-order valence-corrected chi connectivity index (χ0v) is 4.27. The first-order valence-electron chi connectivity index (χ1n) is 1.38. The van der Waals surface area contributed by atoms with Gasteiger partial charge >= 0.3 is 0 Å². The third-order valence-corrected chi connectivity index (χ3v) is 0.704. The van der Waals surface area contributed by atoms with E-state index in [0.29, 0.717) is 0 Å². The molecule has 0 amide bonds. The predicted octanol–water partition coefficient (Wildman–Crippen LogP) is -0.798. The average molecular weight is 110 g/mol. The summed E-state index contributed by atoms with van der Waals surface area (Å²) >= 11 is 0. The highest BCUT2D eigenvalue weighted by molar-refractivity contribution is 7.72. The van der Waals surface area contributed by atoms with Gasteiger partial charge in [-0.1, -0.05) is 0 Å². The zero-order chi connectivity index (χ0) is 4.99. The molecule has 0 saturated carbocycles. The summed E-state index contributed by atoms with van der Waals surface area (Å²) in [7, 11) is -0.984. The smallest absolute Gasteiger partial charge is 0.164 e. The molecule has 0 spiro atoms. The summed E-state index contributed by atoms with van der Waals surface area (Å²) in [5.74, 6) is -0.171. The van der Waals surface area contributed by atoms with Gasteiger partial charge in [0.05, 0.1) is 0 Å². The summed E-state index contributed by atoms with van der Waals surface area (Å²) in [6, 6.07) is 0. The minimum atomic E-state index is -2.32. The number of methoxy groups -OCH3 is 1. The second-order valence-corrected chi connectivity index (χ2v) is 1.67. The van der Waals surface area contributed by atoms with Crippen LogP contribution in [0.5, 0.6) is 0 Å². The van der Waals surface area contributed by atoms with Crippen molar-refractivity contribution in [2.24, 2.45) is 0 Å². The van der Waals surface area contributed by atoms with Crippen molar-refractivity contribution in [3.8, 4) is 0 Å². The van der Waals surface area contributed by atoms with Crippen molar-refractivity contribution in [1.29, 1.82) is 0 Å². The molecule has 6 heavy (non-hydrogen) atoms. The Morgan fingerprint density at radius 1 is 1.67 bits per heavy atom. The highest BCUT2D eigenvalue weighted by atomic mass is 32.2. The van der Waals surface area contributed by atoms with Crippen LogP contribution in [0.4, 0.5) is 0 Å². The van der Waals surface area contributed by atoms with Gasteiger partial charge in [0.15, 0.2) is 10.7 Å². The second-order valence-electron chi connectivity index (χ2n) is 0.751. The van der Waals surface area contributed by atoms with Crippen molar-refractivity contribution in [3.05, 3.63) is 0 Å². The lowest BCUT2D eigenvalue weighted by Gasteiger charge is -1.78. The van der Waals surface area contributed by atoms with E-state index in [1.165, 1.54) is 7.11 Å². The van der Waals surface area contributed by atoms with Crippen molar-refractivity contribution in [3.63, 3.8) is 0 Å². The summed E-state index contributed by atoms with van der Waals surface area (Å²) in [4.78, 5) is 0. The van der Waals surface area contributed by atoms with Gasteiger partial charge in [-0.25, -0.2) is 8.42 Å². The van der Waals surface area contributed by atoms with Crippen LogP contribution in [0.1, 0.15) is 0 Å². The van der Waals surface area contributed by atoms with E-state index in [-0.39, 0.29) is 5.94 Å². The monoisotopic (exact) mass is 110 g/mol. The number of thiol groups is 1. The summed E-state index contributed by atoms with van der Waals surface area (Å²) in [6.07, 6.45) is 0. The van der Waals surface area contributed by atoms with E-state index in [4.69, 9.17) is 0 Å². The molecule has 0 saturated heterocycles. The van der Waals surface area contributed by atoms with Crippen LogP contribution in [0, 0.1) is 0 Å². The van der Waals surface area contributed by atoms with Crippen LogP contribution in [-0.4, -0.2) is 21.5 Å². The Kier molecular flexibility index (Phi) is 3.07. The molecule has 0 aliphatic heterocycles. The molecule has 4 heteroatoms. The van der Waals surface area contributed by atoms with Gasteiger partial charge in [-0.15, -0.1) is 0 Å². The normalized spacial score (nSPS) is 9.67. The van der Waals surface area contributed by atoms with Crippen LogP contribution in [-0.2, 0) is 15.4 Å². The maximum absolute atomic E-state index is 9.51. The molecule has 0 unspecified atom stereocenters. The minimum absolute atomic E-state index is 0.171. The van der Waals surface area contributed by atoms with E-state index >= 15 is 0 Å². The maximum atomic E-state index is 9.51. The van der Waals surface area contributed by atoms with Crippen LogP contribution in [0.25, 0.3) is 0 Å². The fraction of sp³-hybridized carbons (Fsp3) is 1.00.